The normalized spacial score (nSPS) is 19.4. The number of ether oxygens (including phenoxy) is 1. The number of carbonyl (C=O) groups excluding carboxylic acids is 1. The summed E-state index contributed by atoms with van der Waals surface area (Å²) in [5.41, 5.74) is 3.99. The first kappa shape index (κ1) is 19.1. The molecule has 2 aliphatic heterocycles. The van der Waals surface area contributed by atoms with Crippen molar-refractivity contribution < 1.29 is 9.53 Å². The SMILES string of the molecule is N#CC1=C(N)Oc2[nH]c(=O)[nH]c(=O)c2C12C(=O)NC(c1ccccc1)=C2c1ccccc1. The number of aromatic nitrogens is 2. The van der Waals surface area contributed by atoms with Crippen LogP contribution < -0.4 is 27.0 Å². The summed E-state index contributed by atoms with van der Waals surface area (Å²) in [4.78, 5) is 43.2. The van der Waals surface area contributed by atoms with Gasteiger partial charge in [0, 0.05) is 5.57 Å². The molecule has 1 unspecified atom stereocenters. The van der Waals surface area contributed by atoms with Gasteiger partial charge in [0.05, 0.1) is 5.70 Å². The van der Waals surface area contributed by atoms with Crippen molar-refractivity contribution in [1.82, 2.24) is 15.3 Å². The van der Waals surface area contributed by atoms with Crippen molar-refractivity contribution >= 4 is 17.2 Å². The number of hydrogen-bond donors (Lipinski definition) is 4. The molecule has 9 nitrogen and oxygen atoms in total. The van der Waals surface area contributed by atoms with E-state index in [9.17, 15) is 19.6 Å². The Labute approximate surface area is 180 Å². The predicted molar refractivity (Wildman–Crippen MR) is 115 cm³/mol. The van der Waals surface area contributed by atoms with Gasteiger partial charge in [0.25, 0.3) is 5.56 Å². The van der Waals surface area contributed by atoms with Crippen LogP contribution in [-0.2, 0) is 10.2 Å². The Morgan fingerprint density at radius 2 is 1.53 bits per heavy atom. The van der Waals surface area contributed by atoms with Crippen LogP contribution in [0.4, 0.5) is 0 Å². The average molecular weight is 425 g/mol. The van der Waals surface area contributed by atoms with Crippen LogP contribution in [0.25, 0.3) is 11.3 Å². The quantitative estimate of drug-likeness (QED) is 0.482. The van der Waals surface area contributed by atoms with Gasteiger partial charge in [-0.1, -0.05) is 60.7 Å². The van der Waals surface area contributed by atoms with Crippen molar-refractivity contribution in [3.05, 3.63) is 110 Å². The molecule has 1 aromatic heterocycles. The lowest BCUT2D eigenvalue weighted by Crippen LogP contribution is -2.49. The van der Waals surface area contributed by atoms with Crippen molar-refractivity contribution in [2.75, 3.05) is 0 Å². The molecule has 156 valence electrons. The van der Waals surface area contributed by atoms with E-state index >= 15 is 0 Å². The molecule has 0 radical (unpaired) electrons. The topological polar surface area (TPSA) is 154 Å². The largest absolute Gasteiger partial charge is 0.423 e. The summed E-state index contributed by atoms with van der Waals surface area (Å²) in [5.74, 6) is -1.32. The first-order valence-electron chi connectivity index (χ1n) is 9.60. The molecule has 5 rings (SSSR count). The van der Waals surface area contributed by atoms with E-state index in [0.29, 0.717) is 22.4 Å². The van der Waals surface area contributed by atoms with E-state index in [1.807, 2.05) is 12.1 Å². The van der Waals surface area contributed by atoms with Crippen molar-refractivity contribution in [1.29, 1.82) is 5.26 Å². The zero-order chi connectivity index (χ0) is 22.5. The number of nitriles is 1. The summed E-state index contributed by atoms with van der Waals surface area (Å²) < 4.78 is 5.41. The number of nitrogens with zero attached hydrogens (tertiary/aromatic N) is 1. The lowest BCUT2D eigenvalue weighted by Gasteiger charge is -2.33. The second-order valence-electron chi connectivity index (χ2n) is 7.25. The molecule has 0 aliphatic carbocycles. The molecule has 1 amide bonds. The van der Waals surface area contributed by atoms with Gasteiger partial charge in [0.2, 0.25) is 17.7 Å². The maximum absolute atomic E-state index is 13.7. The summed E-state index contributed by atoms with van der Waals surface area (Å²) in [7, 11) is 0. The molecule has 0 fully saturated rings. The first-order valence-corrected chi connectivity index (χ1v) is 9.60. The Bertz CT molecular complexity index is 1490. The maximum Gasteiger partial charge on any atom is 0.328 e. The fourth-order valence-corrected chi connectivity index (χ4v) is 4.33. The van der Waals surface area contributed by atoms with Gasteiger partial charge in [-0.25, -0.2) is 4.79 Å². The molecule has 2 aliphatic rings. The Balaban J connectivity index is 2.00. The Morgan fingerprint density at radius 3 is 2.16 bits per heavy atom. The minimum atomic E-state index is -1.93. The number of H-pyrrole nitrogens is 2. The van der Waals surface area contributed by atoms with E-state index in [-0.39, 0.29) is 22.9 Å². The maximum atomic E-state index is 13.7. The smallest absolute Gasteiger partial charge is 0.328 e. The molecular formula is C23H15N5O4. The highest BCUT2D eigenvalue weighted by atomic mass is 16.5. The molecule has 5 N–H and O–H groups in total. The number of amides is 1. The number of nitrogens with one attached hydrogen (secondary N) is 3. The Kier molecular flexibility index (Phi) is 4.10. The molecule has 1 atom stereocenters. The zero-order valence-electron chi connectivity index (χ0n) is 16.4. The van der Waals surface area contributed by atoms with Gasteiger partial charge >= 0.3 is 5.69 Å². The van der Waals surface area contributed by atoms with E-state index in [1.54, 1.807) is 54.6 Å². The van der Waals surface area contributed by atoms with E-state index < -0.39 is 22.6 Å². The highest BCUT2D eigenvalue weighted by Crippen LogP contribution is 2.54. The fraction of sp³-hybridized carbons (Fsp3) is 0.0435. The lowest BCUT2D eigenvalue weighted by atomic mass is 9.67. The number of aromatic amines is 2. The van der Waals surface area contributed by atoms with Crippen LogP contribution in [0.15, 0.2) is 81.7 Å². The van der Waals surface area contributed by atoms with Gasteiger partial charge in [-0.15, -0.1) is 0 Å². The van der Waals surface area contributed by atoms with Crippen LogP contribution in [0.2, 0.25) is 0 Å². The van der Waals surface area contributed by atoms with Crippen LogP contribution in [0, 0.1) is 11.3 Å². The predicted octanol–water partition coefficient (Wildman–Crippen LogP) is 1.09. The fourth-order valence-electron chi connectivity index (χ4n) is 4.33. The van der Waals surface area contributed by atoms with Crippen LogP contribution in [-0.4, -0.2) is 15.9 Å². The highest BCUT2D eigenvalue weighted by Gasteiger charge is 2.60. The monoisotopic (exact) mass is 425 g/mol. The molecule has 9 heteroatoms. The second kappa shape index (κ2) is 6.85. The lowest BCUT2D eigenvalue weighted by molar-refractivity contribution is -0.122. The number of fused-ring (bicyclic) bond motifs is 2. The third kappa shape index (κ3) is 2.47. The summed E-state index contributed by atoms with van der Waals surface area (Å²) in [5, 5.41) is 12.9. The summed E-state index contributed by atoms with van der Waals surface area (Å²) in [6.45, 7) is 0. The average Bonchev–Trinajstić information content (AvgIpc) is 3.07. The molecule has 1 spiro atoms. The number of nitrogens with two attached hydrogens (primary N) is 1. The molecular weight excluding hydrogens is 410 g/mol. The van der Waals surface area contributed by atoms with Gasteiger partial charge in [-0.05, 0) is 11.1 Å². The third-order valence-corrected chi connectivity index (χ3v) is 5.56. The first-order chi connectivity index (χ1) is 15.5. The van der Waals surface area contributed by atoms with Gasteiger partial charge in [-0.3, -0.25) is 19.6 Å². The van der Waals surface area contributed by atoms with Crippen molar-refractivity contribution in [2.24, 2.45) is 5.73 Å². The minimum Gasteiger partial charge on any atom is -0.423 e. The summed E-state index contributed by atoms with van der Waals surface area (Å²) in [6.07, 6.45) is 0. The molecule has 32 heavy (non-hydrogen) atoms. The highest BCUT2D eigenvalue weighted by molar-refractivity contribution is 6.21. The standard InChI is InChI=1S/C23H15N5O4/c24-11-14-18(25)32-20-16(19(29)27-22(31)28-20)23(14)15(12-7-3-1-4-8-12)17(26-21(23)30)13-9-5-2-6-10-13/h1-10H,25H2,(H,26,30)(H2,27,28,29,31). The molecule has 3 aromatic rings. The Morgan fingerprint density at radius 1 is 0.906 bits per heavy atom. The Hall–Kier alpha value is -4.84. The van der Waals surface area contributed by atoms with Gasteiger partial charge in [-0.2, -0.15) is 5.26 Å². The van der Waals surface area contributed by atoms with Crippen molar-refractivity contribution in [3.63, 3.8) is 0 Å². The molecule has 0 bridgehead atoms. The summed E-state index contributed by atoms with van der Waals surface area (Å²) in [6, 6.07) is 19.9. The minimum absolute atomic E-state index is 0.217. The van der Waals surface area contributed by atoms with Crippen LogP contribution >= 0.6 is 0 Å². The second-order valence-corrected chi connectivity index (χ2v) is 7.25. The van der Waals surface area contributed by atoms with Crippen molar-refractivity contribution in [2.45, 2.75) is 5.41 Å². The molecule has 0 saturated heterocycles. The van der Waals surface area contributed by atoms with Crippen LogP contribution in [0.1, 0.15) is 16.7 Å². The van der Waals surface area contributed by atoms with Crippen LogP contribution in [0.3, 0.4) is 0 Å². The molecule has 2 aromatic carbocycles. The van der Waals surface area contributed by atoms with E-state index in [0.717, 1.165) is 0 Å². The number of carbonyl (C=O) groups is 1. The number of hydrogen-bond acceptors (Lipinski definition) is 6. The van der Waals surface area contributed by atoms with Crippen LogP contribution in [0.5, 0.6) is 5.88 Å². The molecule has 3 heterocycles. The molecule has 0 saturated carbocycles. The van der Waals surface area contributed by atoms with Gasteiger partial charge in [0.15, 0.2) is 5.41 Å². The summed E-state index contributed by atoms with van der Waals surface area (Å²) >= 11 is 0. The van der Waals surface area contributed by atoms with E-state index in [1.165, 1.54) is 0 Å². The van der Waals surface area contributed by atoms with E-state index in [4.69, 9.17) is 10.5 Å². The number of rotatable bonds is 2. The zero-order valence-corrected chi connectivity index (χ0v) is 16.4. The van der Waals surface area contributed by atoms with Gasteiger partial charge in [0.1, 0.15) is 17.2 Å². The van der Waals surface area contributed by atoms with Gasteiger partial charge < -0.3 is 15.8 Å². The number of benzene rings is 2. The van der Waals surface area contributed by atoms with Crippen molar-refractivity contribution in [3.8, 4) is 11.9 Å². The third-order valence-electron chi connectivity index (χ3n) is 5.56. The van der Waals surface area contributed by atoms with E-state index in [2.05, 4.69) is 15.3 Å².